The first-order valence-corrected chi connectivity index (χ1v) is 12.8. The zero-order chi connectivity index (χ0) is 19.4. The van der Waals surface area contributed by atoms with Crippen molar-refractivity contribution in [2.24, 2.45) is 17.8 Å². The predicted molar refractivity (Wildman–Crippen MR) is 108 cm³/mol. The summed E-state index contributed by atoms with van der Waals surface area (Å²) in [5.74, 6) is 0.806. The molecule has 0 radical (unpaired) electrons. The van der Waals surface area contributed by atoms with Gasteiger partial charge in [0, 0.05) is 18.9 Å². The topological polar surface area (TPSA) is 46.5 Å². The number of hydrogen-bond acceptors (Lipinski definition) is 3. The van der Waals surface area contributed by atoms with Gasteiger partial charge in [-0.2, -0.15) is 0 Å². The van der Waals surface area contributed by atoms with E-state index in [0.717, 1.165) is 24.8 Å². The van der Waals surface area contributed by atoms with Crippen LogP contribution < -0.4 is 0 Å². The Bertz CT molecular complexity index is 474. The van der Waals surface area contributed by atoms with Gasteiger partial charge in [0.05, 0.1) is 0 Å². The van der Waals surface area contributed by atoms with Crippen molar-refractivity contribution in [1.82, 2.24) is 0 Å². The van der Waals surface area contributed by atoms with Crippen LogP contribution >= 0.6 is 0 Å². The number of Topliss-reactive ketones (excluding diaryl/α,β-unsaturated/α-hetero) is 1. The van der Waals surface area contributed by atoms with Gasteiger partial charge in [-0.15, -0.1) is 0 Å². The highest BCUT2D eigenvalue weighted by Crippen LogP contribution is 2.39. The lowest BCUT2D eigenvalue weighted by atomic mass is 9.73. The van der Waals surface area contributed by atoms with Gasteiger partial charge in [0.25, 0.3) is 0 Å². The lowest BCUT2D eigenvalue weighted by Crippen LogP contribution is -2.46. The molecule has 25 heavy (non-hydrogen) atoms. The van der Waals surface area contributed by atoms with Crippen LogP contribution in [-0.2, 0) is 9.22 Å². The summed E-state index contributed by atoms with van der Waals surface area (Å²) in [7, 11) is -1.82. The Hall–Kier alpha value is -0.453. The van der Waals surface area contributed by atoms with Gasteiger partial charge in [-0.1, -0.05) is 46.3 Å². The third-order valence-electron chi connectivity index (χ3n) is 6.14. The van der Waals surface area contributed by atoms with E-state index in [-0.39, 0.29) is 22.7 Å². The second-order valence-electron chi connectivity index (χ2n) is 9.73. The molecule has 0 amide bonds. The van der Waals surface area contributed by atoms with E-state index < -0.39 is 14.4 Å². The van der Waals surface area contributed by atoms with Crippen molar-refractivity contribution in [1.29, 1.82) is 0 Å². The summed E-state index contributed by atoms with van der Waals surface area (Å²) in [5, 5.41) is 10.7. The largest absolute Gasteiger partial charge is 0.417 e. The molecule has 0 aliphatic heterocycles. The van der Waals surface area contributed by atoms with Crippen LogP contribution in [0.2, 0.25) is 18.1 Å². The standard InChI is InChI=1S/C21H40O3Si/c1-15(2)10-9-11-16(3)19-17(12-13-18(22)20(19)23)14-24-25(7,8)21(4,5)6/h11,15,17,19-20,23H,9-10,12-14H2,1-8H3/t17?,19?,20-/m1/s1. The first-order chi connectivity index (χ1) is 11.4. The number of carbonyl (C=O) groups excluding carboxylic acids is 1. The lowest BCUT2D eigenvalue weighted by molar-refractivity contribution is -0.134. The molecule has 3 atom stereocenters. The number of rotatable bonds is 7. The summed E-state index contributed by atoms with van der Waals surface area (Å²) in [4.78, 5) is 12.1. The minimum Gasteiger partial charge on any atom is -0.417 e. The van der Waals surface area contributed by atoms with Gasteiger partial charge in [0.2, 0.25) is 0 Å². The average Bonchev–Trinajstić information content (AvgIpc) is 2.46. The Morgan fingerprint density at radius 2 is 1.96 bits per heavy atom. The molecule has 0 spiro atoms. The minimum atomic E-state index is -1.82. The van der Waals surface area contributed by atoms with Gasteiger partial charge < -0.3 is 9.53 Å². The first kappa shape index (κ1) is 22.6. The third-order valence-corrected chi connectivity index (χ3v) is 10.6. The summed E-state index contributed by atoms with van der Waals surface area (Å²) in [5.41, 5.74) is 1.16. The first-order valence-electron chi connectivity index (χ1n) is 9.88. The Labute approximate surface area is 156 Å². The molecule has 0 aromatic rings. The third kappa shape index (κ3) is 6.33. The molecule has 0 saturated heterocycles. The van der Waals surface area contributed by atoms with Gasteiger partial charge >= 0.3 is 0 Å². The molecule has 0 bridgehead atoms. The normalized spacial score (nSPS) is 26.4. The molecule has 1 aliphatic carbocycles. The van der Waals surface area contributed by atoms with Crippen molar-refractivity contribution in [3.63, 3.8) is 0 Å². The lowest BCUT2D eigenvalue weighted by Gasteiger charge is -2.40. The van der Waals surface area contributed by atoms with E-state index in [0.29, 0.717) is 18.9 Å². The Morgan fingerprint density at radius 3 is 2.48 bits per heavy atom. The van der Waals surface area contributed by atoms with Gasteiger partial charge in [0.1, 0.15) is 6.10 Å². The van der Waals surface area contributed by atoms with Crippen LogP contribution in [0.25, 0.3) is 0 Å². The molecule has 1 N–H and O–H groups in total. The molecule has 1 saturated carbocycles. The summed E-state index contributed by atoms with van der Waals surface area (Å²) >= 11 is 0. The highest BCUT2D eigenvalue weighted by atomic mass is 28.4. The molecule has 0 aromatic carbocycles. The van der Waals surface area contributed by atoms with E-state index in [4.69, 9.17) is 4.43 Å². The van der Waals surface area contributed by atoms with Gasteiger partial charge in [-0.25, -0.2) is 0 Å². The van der Waals surface area contributed by atoms with Crippen molar-refractivity contribution in [3.05, 3.63) is 11.6 Å². The van der Waals surface area contributed by atoms with Crippen molar-refractivity contribution in [3.8, 4) is 0 Å². The van der Waals surface area contributed by atoms with Gasteiger partial charge in [0.15, 0.2) is 14.1 Å². The quantitative estimate of drug-likeness (QED) is 0.487. The maximum atomic E-state index is 12.1. The highest BCUT2D eigenvalue weighted by molar-refractivity contribution is 6.74. The Balaban J connectivity index is 2.86. The summed E-state index contributed by atoms with van der Waals surface area (Å²) in [6, 6.07) is 0. The van der Waals surface area contributed by atoms with Crippen LogP contribution in [0.15, 0.2) is 11.6 Å². The maximum Gasteiger partial charge on any atom is 0.191 e. The van der Waals surface area contributed by atoms with Crippen molar-refractivity contribution < 1.29 is 14.3 Å². The molecule has 0 aromatic heterocycles. The van der Waals surface area contributed by atoms with Crippen molar-refractivity contribution >= 4 is 14.1 Å². The zero-order valence-corrected chi connectivity index (χ0v) is 18.7. The van der Waals surface area contributed by atoms with Crippen LogP contribution in [-0.4, -0.2) is 31.9 Å². The van der Waals surface area contributed by atoms with Gasteiger partial charge in [-0.3, -0.25) is 4.79 Å². The number of aliphatic hydroxyl groups excluding tert-OH is 1. The van der Waals surface area contributed by atoms with E-state index in [1.165, 1.54) is 0 Å². The number of aliphatic hydroxyl groups is 1. The average molecular weight is 369 g/mol. The van der Waals surface area contributed by atoms with Crippen LogP contribution in [0.1, 0.15) is 67.2 Å². The number of allylic oxidation sites excluding steroid dienone is 1. The van der Waals surface area contributed by atoms with Crippen LogP contribution in [0.3, 0.4) is 0 Å². The molecular formula is C21H40O3Si. The van der Waals surface area contributed by atoms with Gasteiger partial charge in [-0.05, 0) is 56.2 Å². The highest BCUT2D eigenvalue weighted by Gasteiger charge is 2.42. The second-order valence-corrected chi connectivity index (χ2v) is 14.5. The molecule has 1 aliphatic rings. The maximum absolute atomic E-state index is 12.1. The predicted octanol–water partition coefficient (Wildman–Crippen LogP) is 5.35. The SMILES string of the molecule is CC(=CCCC(C)C)C1C(CO[Si](C)(C)C(C)(C)C)CCC(=O)[C@H]1O. The number of carbonyl (C=O) groups is 1. The molecular weight excluding hydrogens is 328 g/mol. The van der Waals surface area contributed by atoms with Crippen molar-refractivity contribution in [2.45, 2.75) is 91.5 Å². The molecule has 1 rings (SSSR count). The molecule has 146 valence electrons. The Morgan fingerprint density at radius 1 is 1.36 bits per heavy atom. The smallest absolute Gasteiger partial charge is 0.191 e. The van der Waals surface area contributed by atoms with E-state index >= 15 is 0 Å². The monoisotopic (exact) mass is 368 g/mol. The second kappa shape index (κ2) is 8.96. The van der Waals surface area contributed by atoms with Crippen LogP contribution in [0, 0.1) is 17.8 Å². The molecule has 3 nitrogen and oxygen atoms in total. The molecule has 4 heteroatoms. The molecule has 2 unspecified atom stereocenters. The van der Waals surface area contributed by atoms with Crippen LogP contribution in [0.5, 0.6) is 0 Å². The molecule has 1 fully saturated rings. The number of ketones is 1. The van der Waals surface area contributed by atoms with Crippen LogP contribution in [0.4, 0.5) is 0 Å². The minimum absolute atomic E-state index is 0.00909. The van der Waals surface area contributed by atoms with E-state index in [2.05, 4.69) is 60.7 Å². The fourth-order valence-corrected chi connectivity index (χ4v) is 4.30. The van der Waals surface area contributed by atoms with E-state index in [9.17, 15) is 9.90 Å². The fraction of sp³-hybridized carbons (Fsp3) is 0.857. The van der Waals surface area contributed by atoms with Crippen molar-refractivity contribution in [2.75, 3.05) is 6.61 Å². The zero-order valence-electron chi connectivity index (χ0n) is 17.7. The summed E-state index contributed by atoms with van der Waals surface area (Å²) in [6.45, 7) is 18.4. The number of hydrogen-bond donors (Lipinski definition) is 1. The van der Waals surface area contributed by atoms with E-state index in [1.54, 1.807) is 0 Å². The summed E-state index contributed by atoms with van der Waals surface area (Å²) < 4.78 is 6.43. The Kier molecular flexibility index (Phi) is 8.10. The van der Waals surface area contributed by atoms with E-state index in [1.807, 2.05) is 0 Å². The fourth-order valence-electron chi connectivity index (χ4n) is 3.23. The summed E-state index contributed by atoms with van der Waals surface area (Å²) in [6.07, 6.45) is 4.81. The molecule has 0 heterocycles.